The number of rotatable bonds is 1. The molecular weight excluding hydrogens is 172 g/mol. The van der Waals surface area contributed by atoms with Crippen molar-refractivity contribution < 1.29 is 5.11 Å². The zero-order chi connectivity index (χ0) is 9.97. The van der Waals surface area contributed by atoms with E-state index < -0.39 is 0 Å². The zero-order valence-electron chi connectivity index (χ0n) is 8.53. The lowest BCUT2D eigenvalue weighted by atomic mass is 10.0. The molecule has 1 aliphatic rings. The van der Waals surface area contributed by atoms with Crippen molar-refractivity contribution in [2.45, 2.75) is 32.3 Å². The topological polar surface area (TPSA) is 20.2 Å². The first kappa shape index (κ1) is 9.47. The minimum absolute atomic E-state index is 0.304. The highest BCUT2D eigenvalue weighted by Crippen LogP contribution is 2.24. The average molecular weight is 188 g/mol. The summed E-state index contributed by atoms with van der Waals surface area (Å²) in [6, 6.07) is 8.44. The summed E-state index contributed by atoms with van der Waals surface area (Å²) in [5.74, 6) is 0. The Hall–Kier alpha value is -1.08. The van der Waals surface area contributed by atoms with E-state index in [0.717, 1.165) is 24.8 Å². The quantitative estimate of drug-likeness (QED) is 0.718. The van der Waals surface area contributed by atoms with E-state index in [1.54, 1.807) is 0 Å². The fourth-order valence-electron chi connectivity index (χ4n) is 1.99. The molecule has 1 N–H and O–H groups in total. The molecule has 0 saturated heterocycles. The highest BCUT2D eigenvalue weighted by molar-refractivity contribution is 5.58. The molecule has 0 amide bonds. The number of benzene rings is 1. The normalized spacial score (nSPS) is 18.0. The van der Waals surface area contributed by atoms with Crippen LogP contribution in [0.1, 0.15) is 30.9 Å². The van der Waals surface area contributed by atoms with Gasteiger partial charge < -0.3 is 5.11 Å². The Morgan fingerprint density at radius 2 is 2.00 bits per heavy atom. The van der Waals surface area contributed by atoms with E-state index in [1.807, 2.05) is 6.92 Å². The van der Waals surface area contributed by atoms with Crippen LogP contribution in [-0.2, 0) is 6.42 Å². The molecule has 1 aromatic carbocycles. The molecule has 1 atom stereocenters. The van der Waals surface area contributed by atoms with Crippen molar-refractivity contribution in [2.75, 3.05) is 0 Å². The van der Waals surface area contributed by atoms with Gasteiger partial charge in [-0.05, 0) is 42.9 Å². The SMILES string of the molecule is CC(O)C1=Cc2ccccc2CCC1. The van der Waals surface area contributed by atoms with Crippen molar-refractivity contribution in [1.82, 2.24) is 0 Å². The van der Waals surface area contributed by atoms with Crippen LogP contribution >= 0.6 is 0 Å². The Kier molecular flexibility index (Phi) is 2.69. The number of aliphatic hydroxyl groups is 1. The molecular formula is C13H16O. The number of hydrogen-bond donors (Lipinski definition) is 1. The Labute approximate surface area is 85.1 Å². The van der Waals surface area contributed by atoms with Crippen molar-refractivity contribution in [2.24, 2.45) is 0 Å². The molecule has 1 aromatic rings. The van der Waals surface area contributed by atoms with Crippen LogP contribution in [0.5, 0.6) is 0 Å². The maximum atomic E-state index is 9.56. The van der Waals surface area contributed by atoms with Gasteiger partial charge >= 0.3 is 0 Å². The van der Waals surface area contributed by atoms with Gasteiger partial charge in [0.15, 0.2) is 0 Å². The van der Waals surface area contributed by atoms with Crippen molar-refractivity contribution in [3.05, 3.63) is 41.0 Å². The molecule has 1 unspecified atom stereocenters. The van der Waals surface area contributed by atoms with E-state index >= 15 is 0 Å². The van der Waals surface area contributed by atoms with Gasteiger partial charge in [-0.1, -0.05) is 30.3 Å². The fourth-order valence-corrected chi connectivity index (χ4v) is 1.99. The van der Waals surface area contributed by atoms with Gasteiger partial charge in [0, 0.05) is 0 Å². The first-order chi connectivity index (χ1) is 6.77. The Morgan fingerprint density at radius 1 is 1.21 bits per heavy atom. The minimum Gasteiger partial charge on any atom is -0.389 e. The molecule has 0 aliphatic heterocycles. The van der Waals surface area contributed by atoms with Gasteiger partial charge in [-0.3, -0.25) is 0 Å². The Morgan fingerprint density at radius 3 is 2.79 bits per heavy atom. The lowest BCUT2D eigenvalue weighted by Crippen LogP contribution is -2.03. The van der Waals surface area contributed by atoms with Gasteiger partial charge in [0.1, 0.15) is 0 Å². The Bertz CT molecular complexity index is 350. The van der Waals surface area contributed by atoms with Gasteiger partial charge in [0.2, 0.25) is 0 Å². The largest absolute Gasteiger partial charge is 0.389 e. The van der Waals surface area contributed by atoms with E-state index in [9.17, 15) is 5.11 Å². The minimum atomic E-state index is -0.304. The van der Waals surface area contributed by atoms with Crippen LogP contribution in [0.3, 0.4) is 0 Å². The summed E-state index contributed by atoms with van der Waals surface area (Å²) >= 11 is 0. The van der Waals surface area contributed by atoms with E-state index in [1.165, 1.54) is 11.1 Å². The number of hydrogen-bond acceptors (Lipinski definition) is 1. The molecule has 0 aromatic heterocycles. The molecule has 0 saturated carbocycles. The fraction of sp³-hybridized carbons (Fsp3) is 0.385. The van der Waals surface area contributed by atoms with Crippen molar-refractivity contribution in [3.63, 3.8) is 0 Å². The van der Waals surface area contributed by atoms with Crippen LogP contribution in [-0.4, -0.2) is 11.2 Å². The van der Waals surface area contributed by atoms with Crippen LogP contribution in [0.4, 0.5) is 0 Å². The summed E-state index contributed by atoms with van der Waals surface area (Å²) in [6.07, 6.45) is 5.14. The van der Waals surface area contributed by atoms with Gasteiger partial charge in [0.25, 0.3) is 0 Å². The molecule has 1 aliphatic carbocycles. The monoisotopic (exact) mass is 188 g/mol. The second-order valence-corrected chi connectivity index (χ2v) is 3.95. The summed E-state index contributed by atoms with van der Waals surface area (Å²) in [4.78, 5) is 0. The molecule has 0 bridgehead atoms. The predicted molar refractivity (Wildman–Crippen MR) is 59.0 cm³/mol. The molecule has 74 valence electrons. The standard InChI is InChI=1S/C13H16O/c1-10(14)12-8-4-7-11-5-2-3-6-13(11)9-12/h2-3,5-6,9-10,14H,4,7-8H2,1H3. The third kappa shape index (κ3) is 1.88. The third-order valence-electron chi connectivity index (χ3n) is 2.84. The van der Waals surface area contributed by atoms with Crippen LogP contribution in [0.15, 0.2) is 29.8 Å². The predicted octanol–water partition coefficient (Wildman–Crippen LogP) is 2.79. The molecule has 1 heteroatoms. The lowest BCUT2D eigenvalue weighted by Gasteiger charge is -2.07. The molecule has 0 spiro atoms. The van der Waals surface area contributed by atoms with Crippen LogP contribution < -0.4 is 0 Å². The van der Waals surface area contributed by atoms with E-state index in [-0.39, 0.29) is 6.10 Å². The van der Waals surface area contributed by atoms with E-state index in [4.69, 9.17) is 0 Å². The second-order valence-electron chi connectivity index (χ2n) is 3.95. The van der Waals surface area contributed by atoms with Crippen LogP contribution in [0.2, 0.25) is 0 Å². The number of aliphatic hydroxyl groups excluding tert-OH is 1. The lowest BCUT2D eigenvalue weighted by molar-refractivity contribution is 0.228. The summed E-state index contributed by atoms with van der Waals surface area (Å²) in [7, 11) is 0. The van der Waals surface area contributed by atoms with E-state index in [2.05, 4.69) is 30.3 Å². The average Bonchev–Trinajstić information content (AvgIpc) is 2.39. The van der Waals surface area contributed by atoms with Gasteiger partial charge in [-0.2, -0.15) is 0 Å². The summed E-state index contributed by atoms with van der Waals surface area (Å²) < 4.78 is 0. The molecule has 2 rings (SSSR count). The van der Waals surface area contributed by atoms with E-state index in [0.29, 0.717) is 0 Å². The summed E-state index contributed by atoms with van der Waals surface area (Å²) in [6.45, 7) is 1.85. The van der Waals surface area contributed by atoms with Crippen LogP contribution in [0, 0.1) is 0 Å². The molecule has 0 radical (unpaired) electrons. The van der Waals surface area contributed by atoms with Crippen LogP contribution in [0.25, 0.3) is 6.08 Å². The smallest absolute Gasteiger partial charge is 0.0725 e. The van der Waals surface area contributed by atoms with Gasteiger partial charge in [-0.15, -0.1) is 0 Å². The highest BCUT2D eigenvalue weighted by Gasteiger charge is 2.10. The second kappa shape index (κ2) is 3.97. The first-order valence-corrected chi connectivity index (χ1v) is 5.24. The maximum Gasteiger partial charge on any atom is 0.0725 e. The zero-order valence-corrected chi connectivity index (χ0v) is 8.53. The first-order valence-electron chi connectivity index (χ1n) is 5.24. The Balaban J connectivity index is 2.39. The van der Waals surface area contributed by atoms with Gasteiger partial charge in [-0.25, -0.2) is 0 Å². The third-order valence-corrected chi connectivity index (χ3v) is 2.84. The summed E-state index contributed by atoms with van der Waals surface area (Å²) in [5, 5.41) is 9.56. The number of fused-ring (bicyclic) bond motifs is 1. The molecule has 0 fully saturated rings. The molecule has 14 heavy (non-hydrogen) atoms. The summed E-state index contributed by atoms with van der Waals surface area (Å²) in [5.41, 5.74) is 3.85. The van der Waals surface area contributed by atoms with Crippen molar-refractivity contribution in [3.8, 4) is 0 Å². The molecule has 0 heterocycles. The maximum absolute atomic E-state index is 9.56. The molecule has 1 nitrogen and oxygen atoms in total. The number of aryl methyl sites for hydroxylation is 1. The van der Waals surface area contributed by atoms with Crippen molar-refractivity contribution >= 4 is 6.08 Å². The van der Waals surface area contributed by atoms with Crippen molar-refractivity contribution in [1.29, 1.82) is 0 Å². The van der Waals surface area contributed by atoms with Gasteiger partial charge in [0.05, 0.1) is 6.10 Å². The highest BCUT2D eigenvalue weighted by atomic mass is 16.3.